The van der Waals surface area contributed by atoms with Crippen LogP contribution in [0.1, 0.15) is 26.7 Å². The normalized spacial score (nSPS) is 10.3. The van der Waals surface area contributed by atoms with Crippen molar-refractivity contribution in [3.05, 3.63) is 0 Å². The van der Waals surface area contributed by atoms with Crippen molar-refractivity contribution >= 4 is 6.29 Å². The van der Waals surface area contributed by atoms with E-state index in [0.717, 1.165) is 25.9 Å². The highest BCUT2D eigenvalue weighted by Crippen LogP contribution is 1.90. The maximum absolute atomic E-state index is 10.00. The van der Waals surface area contributed by atoms with E-state index >= 15 is 0 Å². The molecule has 59 valence electrons. The van der Waals surface area contributed by atoms with Gasteiger partial charge in [-0.05, 0) is 25.9 Å². The minimum atomic E-state index is 0.474. The van der Waals surface area contributed by atoms with E-state index in [1.54, 1.807) is 0 Å². The van der Waals surface area contributed by atoms with Crippen molar-refractivity contribution in [2.75, 3.05) is 19.6 Å². The van der Waals surface area contributed by atoms with Crippen molar-refractivity contribution in [1.29, 1.82) is 0 Å². The highest BCUT2D eigenvalue weighted by atomic mass is 16.1. The summed E-state index contributed by atoms with van der Waals surface area (Å²) in [5.41, 5.74) is 0. The summed E-state index contributed by atoms with van der Waals surface area (Å²) in [4.78, 5) is 12.1. The molecule has 0 fully saturated rings. The van der Waals surface area contributed by atoms with Crippen LogP contribution in [-0.4, -0.2) is 30.8 Å². The zero-order valence-electron chi connectivity index (χ0n) is 6.89. The number of rotatable bonds is 6. The zero-order valence-corrected chi connectivity index (χ0v) is 6.89. The van der Waals surface area contributed by atoms with Gasteiger partial charge in [0.05, 0.1) is 6.54 Å². The minimum Gasteiger partial charge on any atom is -0.296 e. The lowest BCUT2D eigenvalue weighted by molar-refractivity contribution is 0.307. The molecule has 0 spiro atoms. The average Bonchev–Trinajstić information content (AvgIpc) is 1.90. The van der Waals surface area contributed by atoms with Gasteiger partial charge in [0.15, 0.2) is 0 Å². The van der Waals surface area contributed by atoms with Crippen LogP contribution in [0.5, 0.6) is 0 Å². The molecule has 0 aromatic heterocycles. The van der Waals surface area contributed by atoms with Gasteiger partial charge in [0.1, 0.15) is 0 Å². The van der Waals surface area contributed by atoms with Crippen LogP contribution in [-0.2, 0) is 4.79 Å². The Morgan fingerprint density at radius 2 is 1.70 bits per heavy atom. The van der Waals surface area contributed by atoms with Gasteiger partial charge < -0.3 is 0 Å². The van der Waals surface area contributed by atoms with E-state index in [4.69, 9.17) is 0 Å². The SMILES string of the molecule is CCCN(C[C]=O)CCC. The van der Waals surface area contributed by atoms with Gasteiger partial charge in [-0.2, -0.15) is 0 Å². The quantitative estimate of drug-likeness (QED) is 0.555. The first-order chi connectivity index (χ1) is 4.85. The molecular weight excluding hydrogens is 126 g/mol. The van der Waals surface area contributed by atoms with Gasteiger partial charge in [-0.25, -0.2) is 0 Å². The second-order valence-electron chi connectivity index (χ2n) is 2.42. The second kappa shape index (κ2) is 6.75. The Bertz CT molecular complexity index is 77.3. The lowest BCUT2D eigenvalue weighted by Gasteiger charge is -2.16. The van der Waals surface area contributed by atoms with Crippen molar-refractivity contribution in [2.45, 2.75) is 26.7 Å². The molecule has 0 N–H and O–H groups in total. The predicted molar refractivity (Wildman–Crippen MR) is 42.7 cm³/mol. The molecule has 0 aromatic rings. The van der Waals surface area contributed by atoms with Crippen LogP contribution in [0.15, 0.2) is 0 Å². The van der Waals surface area contributed by atoms with E-state index < -0.39 is 0 Å². The topological polar surface area (TPSA) is 20.3 Å². The highest BCUT2D eigenvalue weighted by Gasteiger charge is 1.99. The van der Waals surface area contributed by atoms with Crippen LogP contribution in [0, 0.1) is 0 Å². The van der Waals surface area contributed by atoms with Gasteiger partial charge in [0.2, 0.25) is 6.29 Å². The number of carbonyl (C=O) groups excluding carboxylic acids is 1. The highest BCUT2D eigenvalue weighted by molar-refractivity contribution is 5.52. The standard InChI is InChI=1S/C8H16NO/c1-3-5-9(6-4-2)7-8-10/h3-7H2,1-2H3. The molecule has 0 bridgehead atoms. The molecule has 0 rings (SSSR count). The summed E-state index contributed by atoms with van der Waals surface area (Å²) in [5.74, 6) is 0. The Morgan fingerprint density at radius 1 is 1.20 bits per heavy atom. The molecule has 2 heteroatoms. The van der Waals surface area contributed by atoms with Gasteiger partial charge >= 0.3 is 0 Å². The third-order valence-corrected chi connectivity index (χ3v) is 1.37. The van der Waals surface area contributed by atoms with E-state index in [-0.39, 0.29) is 0 Å². The first kappa shape index (κ1) is 9.63. The summed E-state index contributed by atoms with van der Waals surface area (Å²) >= 11 is 0. The van der Waals surface area contributed by atoms with Crippen LogP contribution >= 0.6 is 0 Å². The molecule has 0 aliphatic rings. The molecule has 0 saturated carbocycles. The van der Waals surface area contributed by atoms with Gasteiger partial charge in [0.25, 0.3) is 0 Å². The van der Waals surface area contributed by atoms with Crippen molar-refractivity contribution in [3.63, 3.8) is 0 Å². The fourth-order valence-corrected chi connectivity index (χ4v) is 0.994. The first-order valence-electron chi connectivity index (χ1n) is 3.92. The molecule has 0 aliphatic carbocycles. The van der Waals surface area contributed by atoms with Crippen molar-refractivity contribution in [2.24, 2.45) is 0 Å². The molecule has 0 unspecified atom stereocenters. The third-order valence-electron chi connectivity index (χ3n) is 1.37. The third kappa shape index (κ3) is 4.50. The molecule has 0 saturated heterocycles. The molecular formula is C8H16NO. The second-order valence-corrected chi connectivity index (χ2v) is 2.42. The Kier molecular flexibility index (Phi) is 6.50. The van der Waals surface area contributed by atoms with Gasteiger partial charge in [0, 0.05) is 0 Å². The molecule has 10 heavy (non-hydrogen) atoms. The predicted octanol–water partition coefficient (Wildman–Crippen LogP) is 1.22. The largest absolute Gasteiger partial charge is 0.296 e. The maximum atomic E-state index is 10.00. The average molecular weight is 142 g/mol. The number of hydrogen-bond acceptors (Lipinski definition) is 2. The van der Waals surface area contributed by atoms with Crippen molar-refractivity contribution in [3.8, 4) is 0 Å². The summed E-state index contributed by atoms with van der Waals surface area (Å²) in [6.07, 6.45) is 4.14. The number of nitrogens with zero attached hydrogens (tertiary/aromatic N) is 1. The van der Waals surface area contributed by atoms with Gasteiger partial charge in [-0.1, -0.05) is 13.8 Å². The maximum Gasteiger partial charge on any atom is 0.213 e. The smallest absolute Gasteiger partial charge is 0.213 e. The van der Waals surface area contributed by atoms with Crippen molar-refractivity contribution in [1.82, 2.24) is 4.90 Å². The van der Waals surface area contributed by atoms with E-state index in [1.165, 1.54) is 0 Å². The van der Waals surface area contributed by atoms with Crippen LogP contribution < -0.4 is 0 Å². The van der Waals surface area contributed by atoms with E-state index in [0.29, 0.717) is 6.54 Å². The number of hydrogen-bond donors (Lipinski definition) is 0. The molecule has 0 heterocycles. The Labute approximate surface area is 63.2 Å². The van der Waals surface area contributed by atoms with Crippen LogP contribution in [0.2, 0.25) is 0 Å². The molecule has 0 aliphatic heterocycles. The van der Waals surface area contributed by atoms with Crippen LogP contribution in [0.25, 0.3) is 0 Å². The first-order valence-corrected chi connectivity index (χ1v) is 3.92. The van der Waals surface area contributed by atoms with E-state index in [1.807, 2.05) is 6.29 Å². The fraction of sp³-hybridized carbons (Fsp3) is 0.875. The summed E-state index contributed by atoms with van der Waals surface area (Å²) in [6.45, 7) is 6.74. The van der Waals surface area contributed by atoms with Crippen molar-refractivity contribution < 1.29 is 4.79 Å². The minimum absolute atomic E-state index is 0.474. The molecule has 1 radical (unpaired) electrons. The Balaban J connectivity index is 3.38. The molecule has 0 amide bonds. The lowest BCUT2D eigenvalue weighted by Crippen LogP contribution is -2.27. The Morgan fingerprint density at radius 3 is 2.00 bits per heavy atom. The molecule has 2 nitrogen and oxygen atoms in total. The van der Waals surface area contributed by atoms with E-state index in [2.05, 4.69) is 18.7 Å². The summed E-state index contributed by atoms with van der Waals surface area (Å²) in [5, 5.41) is 0. The summed E-state index contributed by atoms with van der Waals surface area (Å²) in [7, 11) is 0. The van der Waals surface area contributed by atoms with Gasteiger partial charge in [-0.3, -0.25) is 9.69 Å². The van der Waals surface area contributed by atoms with Crippen LogP contribution in [0.3, 0.4) is 0 Å². The Hall–Kier alpha value is -0.370. The zero-order chi connectivity index (χ0) is 7.82. The molecule has 0 aromatic carbocycles. The van der Waals surface area contributed by atoms with Gasteiger partial charge in [-0.15, -0.1) is 0 Å². The van der Waals surface area contributed by atoms with E-state index in [9.17, 15) is 4.79 Å². The monoisotopic (exact) mass is 142 g/mol. The summed E-state index contributed by atoms with van der Waals surface area (Å²) < 4.78 is 0. The fourth-order valence-electron chi connectivity index (χ4n) is 0.994. The van der Waals surface area contributed by atoms with Crippen LogP contribution in [0.4, 0.5) is 0 Å². The lowest BCUT2D eigenvalue weighted by atomic mass is 10.3. The summed E-state index contributed by atoms with van der Waals surface area (Å²) in [6, 6.07) is 0. The molecule has 0 atom stereocenters.